The molecule has 0 spiro atoms. The van der Waals surface area contributed by atoms with Gasteiger partial charge in [0.1, 0.15) is 13.2 Å². The van der Waals surface area contributed by atoms with Gasteiger partial charge in [-0.25, -0.2) is 0 Å². The molecular formula is C44H83N2O7P. The van der Waals surface area contributed by atoms with E-state index < -0.39 is 20.0 Å². The molecule has 10 heteroatoms. The van der Waals surface area contributed by atoms with Gasteiger partial charge in [-0.2, -0.15) is 0 Å². The number of rotatable bonds is 38. The van der Waals surface area contributed by atoms with Gasteiger partial charge in [0.25, 0.3) is 7.82 Å². The number of aliphatic hydroxyl groups excluding tert-OH is 2. The zero-order valence-electron chi connectivity index (χ0n) is 35.3. The highest BCUT2D eigenvalue weighted by Crippen LogP contribution is 2.38. The maximum Gasteiger partial charge on any atom is 0.268 e. The third kappa shape index (κ3) is 37.3. The third-order valence-corrected chi connectivity index (χ3v) is 10.4. The molecule has 1 amide bonds. The van der Waals surface area contributed by atoms with Gasteiger partial charge in [-0.1, -0.05) is 152 Å². The number of phosphoric acid groups is 1. The summed E-state index contributed by atoms with van der Waals surface area (Å²) in [5.74, 6) is -0.233. The number of amides is 1. The molecule has 0 rings (SSSR count). The van der Waals surface area contributed by atoms with Gasteiger partial charge in [0.2, 0.25) is 5.91 Å². The topological polar surface area (TPSA) is 128 Å². The van der Waals surface area contributed by atoms with Gasteiger partial charge < -0.3 is 34.0 Å². The standard InChI is InChI=1S/C44H83N2O7P/c1-6-8-9-10-11-12-13-14-18-21-24-27-30-33-36-43(48)42(40-53-54(50,51)52-39-38-46(3,4)5)45-44(49)37-34-31-28-25-22-19-16-15-17-20-23-26-29-32-35-41(47)7-2/h16-17,19-20,25-26,28-29,41-43,47-48H,6-15,18,21-24,27,30-40H2,1-5H3,(H-,45,49,50,51)/b19-16-,20-17-,28-25-,29-26-/t41-,42+,43-/m1/s1. The van der Waals surface area contributed by atoms with Crippen LogP contribution in [0.5, 0.6) is 0 Å². The summed E-state index contributed by atoms with van der Waals surface area (Å²) < 4.78 is 23.2. The quantitative estimate of drug-likeness (QED) is 0.0246. The normalized spacial score (nSPS) is 15.5. The van der Waals surface area contributed by atoms with Gasteiger partial charge in [0, 0.05) is 6.42 Å². The number of phosphoric ester groups is 1. The molecule has 0 aromatic heterocycles. The zero-order chi connectivity index (χ0) is 40.2. The van der Waals surface area contributed by atoms with E-state index in [1.165, 1.54) is 70.6 Å². The zero-order valence-corrected chi connectivity index (χ0v) is 36.2. The molecule has 54 heavy (non-hydrogen) atoms. The van der Waals surface area contributed by atoms with Crippen LogP contribution in [0.2, 0.25) is 0 Å². The minimum absolute atomic E-state index is 0.00601. The summed E-state index contributed by atoms with van der Waals surface area (Å²) in [6.07, 6.45) is 40.6. The van der Waals surface area contributed by atoms with Crippen molar-refractivity contribution >= 4 is 13.7 Å². The van der Waals surface area contributed by atoms with Crippen LogP contribution < -0.4 is 10.2 Å². The first-order valence-electron chi connectivity index (χ1n) is 21.6. The second kappa shape index (κ2) is 35.8. The number of quaternary nitrogens is 1. The Morgan fingerprint density at radius 1 is 0.685 bits per heavy atom. The predicted octanol–water partition coefficient (Wildman–Crippen LogP) is 10.0. The number of carbonyl (C=O) groups is 1. The molecule has 0 fully saturated rings. The molecule has 316 valence electrons. The second-order valence-electron chi connectivity index (χ2n) is 15.8. The Balaban J connectivity index is 4.52. The van der Waals surface area contributed by atoms with Crippen molar-refractivity contribution in [2.75, 3.05) is 40.9 Å². The third-order valence-electron chi connectivity index (χ3n) is 9.48. The van der Waals surface area contributed by atoms with Crippen LogP contribution in [0.1, 0.15) is 168 Å². The van der Waals surface area contributed by atoms with Crippen molar-refractivity contribution in [1.29, 1.82) is 0 Å². The van der Waals surface area contributed by atoms with E-state index >= 15 is 0 Å². The van der Waals surface area contributed by atoms with Crippen molar-refractivity contribution < 1.29 is 38.0 Å². The molecule has 0 radical (unpaired) electrons. The monoisotopic (exact) mass is 783 g/mol. The molecule has 0 aromatic rings. The van der Waals surface area contributed by atoms with Crippen LogP contribution in [0.25, 0.3) is 0 Å². The van der Waals surface area contributed by atoms with E-state index in [9.17, 15) is 24.5 Å². The molecule has 3 N–H and O–H groups in total. The largest absolute Gasteiger partial charge is 0.756 e. The Morgan fingerprint density at radius 3 is 1.67 bits per heavy atom. The van der Waals surface area contributed by atoms with Crippen LogP contribution in [0, 0.1) is 0 Å². The van der Waals surface area contributed by atoms with Gasteiger partial charge in [-0.3, -0.25) is 9.36 Å². The van der Waals surface area contributed by atoms with Crippen LogP contribution >= 0.6 is 7.82 Å². The Hall–Kier alpha value is -1.58. The second-order valence-corrected chi connectivity index (χ2v) is 17.3. The maximum absolute atomic E-state index is 12.8. The summed E-state index contributed by atoms with van der Waals surface area (Å²) in [6.45, 7) is 4.38. The fraction of sp³-hybridized carbons (Fsp3) is 0.795. The van der Waals surface area contributed by atoms with Crippen molar-refractivity contribution in [3.05, 3.63) is 48.6 Å². The van der Waals surface area contributed by atoms with Crippen LogP contribution in [-0.2, 0) is 18.4 Å². The van der Waals surface area contributed by atoms with E-state index in [2.05, 4.69) is 60.8 Å². The number of unbranched alkanes of at least 4 members (excludes halogenated alkanes) is 14. The van der Waals surface area contributed by atoms with Crippen molar-refractivity contribution in [3.8, 4) is 0 Å². The molecule has 0 bridgehead atoms. The van der Waals surface area contributed by atoms with Crippen molar-refractivity contribution in [2.45, 2.75) is 186 Å². The smallest absolute Gasteiger partial charge is 0.268 e. The average Bonchev–Trinajstić information content (AvgIpc) is 3.12. The summed E-state index contributed by atoms with van der Waals surface area (Å²) in [4.78, 5) is 25.3. The van der Waals surface area contributed by atoms with Gasteiger partial charge in [0.05, 0.1) is 46.0 Å². The highest BCUT2D eigenvalue weighted by Gasteiger charge is 2.24. The molecule has 9 nitrogen and oxygen atoms in total. The summed E-state index contributed by atoms with van der Waals surface area (Å²) in [7, 11) is 1.24. The molecule has 0 saturated carbocycles. The van der Waals surface area contributed by atoms with E-state index in [-0.39, 0.29) is 31.6 Å². The molecule has 0 saturated heterocycles. The first-order valence-corrected chi connectivity index (χ1v) is 23.0. The van der Waals surface area contributed by atoms with Gasteiger partial charge in [0.15, 0.2) is 0 Å². The molecule has 4 atom stereocenters. The van der Waals surface area contributed by atoms with Gasteiger partial charge >= 0.3 is 0 Å². The van der Waals surface area contributed by atoms with Crippen molar-refractivity contribution in [1.82, 2.24) is 5.32 Å². The molecule has 0 heterocycles. The molecule has 0 aliphatic heterocycles. The van der Waals surface area contributed by atoms with Crippen LogP contribution in [0.4, 0.5) is 0 Å². The molecule has 0 aromatic carbocycles. The van der Waals surface area contributed by atoms with Crippen molar-refractivity contribution in [2.24, 2.45) is 0 Å². The number of nitrogens with one attached hydrogen (secondary N) is 1. The van der Waals surface area contributed by atoms with Crippen LogP contribution in [-0.4, -0.2) is 79.8 Å². The molecule has 0 aliphatic rings. The highest BCUT2D eigenvalue weighted by molar-refractivity contribution is 7.45. The first-order chi connectivity index (χ1) is 25.9. The Bertz CT molecular complexity index is 1040. The van der Waals surface area contributed by atoms with E-state index in [4.69, 9.17) is 9.05 Å². The summed E-state index contributed by atoms with van der Waals surface area (Å²) in [6, 6.07) is -0.839. The lowest BCUT2D eigenvalue weighted by molar-refractivity contribution is -0.870. The van der Waals surface area contributed by atoms with Crippen LogP contribution in [0.15, 0.2) is 48.6 Å². The van der Waals surface area contributed by atoms with Gasteiger partial charge in [-0.15, -0.1) is 0 Å². The number of nitrogens with zero attached hydrogens (tertiary/aromatic N) is 1. The summed E-state index contributed by atoms with van der Waals surface area (Å²) in [5.41, 5.74) is 0. The number of aliphatic hydroxyl groups is 2. The SMILES string of the molecule is CCCCCCCCCCCCCCCC[C@@H](O)[C@H](COP(=O)([O-])OCC[N+](C)(C)C)NC(=O)CCC/C=C\C/C=C\C/C=C\C/C=C\CC[C@H](O)CC. The van der Waals surface area contributed by atoms with E-state index in [0.29, 0.717) is 23.9 Å². The number of allylic oxidation sites excluding steroid dienone is 8. The molecule has 1 unspecified atom stereocenters. The van der Waals surface area contributed by atoms with Crippen LogP contribution in [0.3, 0.4) is 0 Å². The fourth-order valence-electron chi connectivity index (χ4n) is 5.83. The minimum Gasteiger partial charge on any atom is -0.756 e. The molecule has 0 aliphatic carbocycles. The molecular weight excluding hydrogens is 699 g/mol. The summed E-state index contributed by atoms with van der Waals surface area (Å²) in [5, 5.41) is 23.4. The number of hydrogen-bond acceptors (Lipinski definition) is 7. The first kappa shape index (κ1) is 52.4. The Kier molecular flexibility index (Phi) is 34.8. The minimum atomic E-state index is -4.59. The lowest BCUT2D eigenvalue weighted by atomic mass is 10.0. The van der Waals surface area contributed by atoms with Crippen molar-refractivity contribution in [3.63, 3.8) is 0 Å². The predicted molar refractivity (Wildman–Crippen MR) is 225 cm³/mol. The highest BCUT2D eigenvalue weighted by atomic mass is 31.2. The van der Waals surface area contributed by atoms with E-state index in [0.717, 1.165) is 64.2 Å². The van der Waals surface area contributed by atoms with E-state index in [1.807, 2.05) is 28.1 Å². The maximum atomic E-state index is 12.8. The van der Waals surface area contributed by atoms with Gasteiger partial charge in [-0.05, 0) is 57.8 Å². The Morgan fingerprint density at radius 2 is 1.17 bits per heavy atom. The Labute approximate surface area is 332 Å². The lowest BCUT2D eigenvalue weighted by Gasteiger charge is -2.30. The average molecular weight is 783 g/mol. The number of carbonyl (C=O) groups excluding carboxylic acids is 1. The summed E-state index contributed by atoms with van der Waals surface area (Å²) >= 11 is 0. The number of hydrogen-bond donors (Lipinski definition) is 3. The fourth-order valence-corrected chi connectivity index (χ4v) is 6.56. The number of likely N-dealkylation sites (N-methyl/N-ethyl adjacent to an activating group) is 1. The van der Waals surface area contributed by atoms with E-state index in [1.54, 1.807) is 0 Å². The lowest BCUT2D eigenvalue weighted by Crippen LogP contribution is -2.46.